The van der Waals surface area contributed by atoms with Crippen LogP contribution >= 0.6 is 0 Å². The topological polar surface area (TPSA) is 99.4 Å². The van der Waals surface area contributed by atoms with Crippen LogP contribution in [-0.4, -0.2) is 55.9 Å². The number of ether oxygens (including phenoxy) is 2. The number of carbonyl (C=O) groups is 2. The van der Waals surface area contributed by atoms with E-state index in [0.717, 1.165) is 5.56 Å². The van der Waals surface area contributed by atoms with E-state index in [1.807, 2.05) is 48.5 Å². The summed E-state index contributed by atoms with van der Waals surface area (Å²) in [7, 11) is 0. The molecule has 2 atom stereocenters. The number of esters is 1. The van der Waals surface area contributed by atoms with Crippen molar-refractivity contribution in [2.75, 3.05) is 13.1 Å². The number of likely N-dealkylation sites (tertiary alicyclic amines) is 1. The van der Waals surface area contributed by atoms with E-state index in [2.05, 4.69) is 15.5 Å². The Balaban J connectivity index is 1.36. The predicted molar refractivity (Wildman–Crippen MR) is 110 cm³/mol. The molecule has 10 heteroatoms. The van der Waals surface area contributed by atoms with Crippen LogP contribution in [0.4, 0.5) is 9.18 Å². The maximum atomic E-state index is 15.3. The maximum absolute atomic E-state index is 15.3. The molecule has 0 N–H and O–H groups in total. The second-order valence-corrected chi connectivity index (χ2v) is 7.51. The van der Waals surface area contributed by atoms with Gasteiger partial charge in [-0.1, -0.05) is 48.5 Å². The second kappa shape index (κ2) is 9.13. The molecule has 2 unspecified atom stereocenters. The van der Waals surface area contributed by atoms with Crippen LogP contribution in [0, 0.1) is 0 Å². The lowest BCUT2D eigenvalue weighted by Crippen LogP contribution is -2.40. The molecule has 2 aromatic carbocycles. The van der Waals surface area contributed by atoms with E-state index in [0.29, 0.717) is 5.69 Å². The predicted octanol–water partition coefficient (Wildman–Crippen LogP) is 3.02. The van der Waals surface area contributed by atoms with Crippen molar-refractivity contribution in [1.29, 1.82) is 0 Å². The van der Waals surface area contributed by atoms with E-state index in [1.165, 1.54) is 9.58 Å². The van der Waals surface area contributed by atoms with Gasteiger partial charge in [-0.2, -0.15) is 4.68 Å². The smallest absolute Gasteiger partial charge is 0.410 e. The lowest BCUT2D eigenvalue weighted by Gasteiger charge is -2.21. The van der Waals surface area contributed by atoms with Gasteiger partial charge in [0.05, 0.1) is 12.2 Å². The Morgan fingerprint density at radius 1 is 1.12 bits per heavy atom. The summed E-state index contributed by atoms with van der Waals surface area (Å²) in [5, 5.41) is 11.5. The lowest BCUT2D eigenvalue weighted by atomic mass is 10.1. The van der Waals surface area contributed by atoms with E-state index in [-0.39, 0.29) is 25.4 Å². The molecule has 0 radical (unpaired) electrons. The van der Waals surface area contributed by atoms with Crippen molar-refractivity contribution < 1.29 is 23.5 Å². The van der Waals surface area contributed by atoms with Crippen molar-refractivity contribution >= 4 is 12.1 Å². The van der Waals surface area contributed by atoms with Gasteiger partial charge in [-0.15, -0.1) is 5.10 Å². The summed E-state index contributed by atoms with van der Waals surface area (Å²) in [5.74, 6) is -0.809. The average Bonchev–Trinajstić information content (AvgIpc) is 3.47. The summed E-state index contributed by atoms with van der Waals surface area (Å²) in [6.07, 6.45) is -1.76. The molecule has 9 nitrogen and oxygen atoms in total. The van der Waals surface area contributed by atoms with E-state index < -0.39 is 30.4 Å². The number of hydrogen-bond donors (Lipinski definition) is 0. The minimum absolute atomic E-state index is 0.0509. The number of tetrazole rings is 1. The van der Waals surface area contributed by atoms with Crippen LogP contribution in [0.1, 0.15) is 30.8 Å². The highest BCUT2D eigenvalue weighted by atomic mass is 19.1. The van der Waals surface area contributed by atoms with Gasteiger partial charge in [-0.05, 0) is 35.0 Å². The molecule has 0 saturated carbocycles. The van der Waals surface area contributed by atoms with Crippen LogP contribution in [-0.2, 0) is 20.9 Å². The van der Waals surface area contributed by atoms with Crippen LogP contribution in [0.25, 0.3) is 5.69 Å². The molecular formula is C22H22FN5O4. The molecule has 1 fully saturated rings. The van der Waals surface area contributed by atoms with E-state index in [4.69, 9.17) is 9.47 Å². The van der Waals surface area contributed by atoms with Gasteiger partial charge < -0.3 is 14.4 Å². The van der Waals surface area contributed by atoms with Crippen LogP contribution in [0.5, 0.6) is 0 Å². The number of hydrogen-bond acceptors (Lipinski definition) is 7. The molecule has 4 rings (SSSR count). The normalized spacial score (nSPS) is 18.9. The van der Waals surface area contributed by atoms with Crippen LogP contribution in [0.3, 0.4) is 0 Å². The molecule has 3 aromatic rings. The van der Waals surface area contributed by atoms with Gasteiger partial charge in [0.2, 0.25) is 5.67 Å². The van der Waals surface area contributed by atoms with Crippen LogP contribution < -0.4 is 0 Å². The van der Waals surface area contributed by atoms with Gasteiger partial charge in [0.15, 0.2) is 11.9 Å². The van der Waals surface area contributed by atoms with Gasteiger partial charge >= 0.3 is 12.1 Å². The fraction of sp³-hybridized carbons (Fsp3) is 0.318. The fourth-order valence-corrected chi connectivity index (χ4v) is 3.43. The number of nitrogens with zero attached hydrogens (tertiary/aromatic N) is 5. The fourth-order valence-electron chi connectivity index (χ4n) is 3.43. The number of aromatic nitrogens is 4. The Hall–Kier alpha value is -3.82. The van der Waals surface area contributed by atoms with E-state index >= 15 is 4.39 Å². The lowest BCUT2D eigenvalue weighted by molar-refractivity contribution is -0.162. The molecule has 1 aliphatic rings. The molecule has 32 heavy (non-hydrogen) atoms. The molecule has 1 aliphatic heterocycles. The molecule has 1 amide bonds. The summed E-state index contributed by atoms with van der Waals surface area (Å²) in [6.45, 7) is 1.25. The van der Waals surface area contributed by atoms with Gasteiger partial charge in [-0.25, -0.2) is 14.0 Å². The first-order valence-corrected chi connectivity index (χ1v) is 10.2. The number of benzene rings is 2. The Labute approximate surface area is 183 Å². The molecule has 1 saturated heterocycles. The average molecular weight is 439 g/mol. The Kier molecular flexibility index (Phi) is 6.11. The molecule has 0 bridgehead atoms. The standard InChI is InChI=1S/C22H22FN5O4/c1-16(19-24-25-26-28(19)18-10-6-3-7-11-18)32-20(29)22(23)12-13-27(15-22)21(30)31-14-17-8-4-2-5-9-17/h2-11,16H,12-15H2,1H3. The summed E-state index contributed by atoms with van der Waals surface area (Å²) in [6, 6.07) is 18.2. The molecule has 0 aliphatic carbocycles. The first-order valence-electron chi connectivity index (χ1n) is 10.2. The van der Waals surface area contributed by atoms with Gasteiger partial charge in [0, 0.05) is 13.0 Å². The first kappa shape index (κ1) is 21.4. The highest BCUT2D eigenvalue weighted by molar-refractivity contribution is 5.82. The highest BCUT2D eigenvalue weighted by Gasteiger charge is 2.49. The summed E-state index contributed by atoms with van der Waals surface area (Å²) < 4.78 is 27.3. The number of rotatable bonds is 6. The number of amides is 1. The van der Waals surface area contributed by atoms with Gasteiger partial charge in [-0.3, -0.25) is 0 Å². The zero-order valence-electron chi connectivity index (χ0n) is 17.4. The van der Waals surface area contributed by atoms with Crippen molar-refractivity contribution in [2.24, 2.45) is 0 Å². The van der Waals surface area contributed by atoms with Crippen molar-refractivity contribution in [3.63, 3.8) is 0 Å². The number of alkyl halides is 1. The van der Waals surface area contributed by atoms with Gasteiger partial charge in [0.25, 0.3) is 0 Å². The summed E-state index contributed by atoms with van der Waals surface area (Å²) in [5.41, 5.74) is -0.833. The van der Waals surface area contributed by atoms with Crippen molar-refractivity contribution in [3.05, 3.63) is 72.1 Å². The Morgan fingerprint density at radius 3 is 2.53 bits per heavy atom. The zero-order chi connectivity index (χ0) is 22.6. The highest BCUT2D eigenvalue weighted by Crippen LogP contribution is 2.30. The SMILES string of the molecule is CC(OC(=O)C1(F)CCN(C(=O)OCc2ccccc2)C1)c1nnnn1-c1ccccc1. The van der Waals surface area contributed by atoms with Gasteiger partial charge in [0.1, 0.15) is 6.61 Å². The van der Waals surface area contributed by atoms with Crippen molar-refractivity contribution in [2.45, 2.75) is 31.7 Å². The summed E-state index contributed by atoms with van der Waals surface area (Å²) in [4.78, 5) is 26.1. The second-order valence-electron chi connectivity index (χ2n) is 7.51. The van der Waals surface area contributed by atoms with E-state index in [9.17, 15) is 9.59 Å². The first-order chi connectivity index (χ1) is 15.5. The third kappa shape index (κ3) is 4.58. The summed E-state index contributed by atoms with van der Waals surface area (Å²) >= 11 is 0. The number of carbonyl (C=O) groups excluding carboxylic acids is 2. The van der Waals surface area contributed by atoms with Crippen LogP contribution in [0.15, 0.2) is 60.7 Å². The van der Waals surface area contributed by atoms with Crippen molar-refractivity contribution in [3.8, 4) is 5.69 Å². The zero-order valence-corrected chi connectivity index (χ0v) is 17.4. The number of para-hydroxylation sites is 1. The quantitative estimate of drug-likeness (QED) is 0.545. The van der Waals surface area contributed by atoms with Crippen LogP contribution in [0.2, 0.25) is 0 Å². The van der Waals surface area contributed by atoms with Crippen molar-refractivity contribution in [1.82, 2.24) is 25.1 Å². The number of halogens is 1. The Morgan fingerprint density at radius 2 is 1.81 bits per heavy atom. The minimum Gasteiger partial charge on any atom is -0.452 e. The molecule has 166 valence electrons. The largest absolute Gasteiger partial charge is 0.452 e. The molecule has 1 aromatic heterocycles. The minimum atomic E-state index is -2.33. The third-order valence-corrected chi connectivity index (χ3v) is 5.19. The van der Waals surface area contributed by atoms with E-state index in [1.54, 1.807) is 19.1 Å². The molecular weight excluding hydrogens is 417 g/mol. The molecule has 2 heterocycles. The monoisotopic (exact) mass is 439 g/mol. The third-order valence-electron chi connectivity index (χ3n) is 5.19. The Bertz CT molecular complexity index is 1080. The molecule has 0 spiro atoms. The maximum Gasteiger partial charge on any atom is 0.410 e.